The zero-order chi connectivity index (χ0) is 21.9. The smallest absolute Gasteiger partial charge is 0.321 e. The van der Waals surface area contributed by atoms with Crippen molar-refractivity contribution in [2.75, 3.05) is 10.2 Å². The SMILES string of the molecule is O=C(Nc1ccccc1C(F)(F)F)c1ccc(N2C(=O)[C@@H]3[C@H]4CC[C@@H](C4)[C@@H]3C2=O)cc1. The molecule has 2 aromatic rings. The van der Waals surface area contributed by atoms with Crippen molar-refractivity contribution in [3.8, 4) is 0 Å². The zero-order valence-electron chi connectivity index (χ0n) is 16.4. The summed E-state index contributed by atoms with van der Waals surface area (Å²) in [6, 6.07) is 10.5. The Hall–Kier alpha value is -3.16. The Balaban J connectivity index is 1.35. The molecule has 3 fully saturated rings. The van der Waals surface area contributed by atoms with Gasteiger partial charge in [-0.3, -0.25) is 19.3 Å². The lowest BCUT2D eigenvalue weighted by Gasteiger charge is -2.19. The lowest BCUT2D eigenvalue weighted by molar-refractivity contribution is -0.137. The van der Waals surface area contributed by atoms with Crippen molar-refractivity contribution in [1.29, 1.82) is 0 Å². The number of amides is 3. The number of anilines is 2. The van der Waals surface area contributed by atoms with E-state index in [4.69, 9.17) is 0 Å². The maximum absolute atomic E-state index is 13.1. The molecule has 5 rings (SSSR count). The molecule has 1 saturated heterocycles. The maximum atomic E-state index is 13.1. The normalized spacial score (nSPS) is 27.0. The number of halogens is 3. The molecule has 5 nitrogen and oxygen atoms in total. The van der Waals surface area contributed by atoms with Crippen LogP contribution in [0.25, 0.3) is 0 Å². The van der Waals surface area contributed by atoms with Crippen LogP contribution < -0.4 is 10.2 Å². The van der Waals surface area contributed by atoms with E-state index in [0.29, 0.717) is 5.69 Å². The number of hydrogen-bond acceptors (Lipinski definition) is 3. The minimum atomic E-state index is -4.60. The van der Waals surface area contributed by atoms with Crippen molar-refractivity contribution in [2.45, 2.75) is 25.4 Å². The highest BCUT2D eigenvalue weighted by Crippen LogP contribution is 2.56. The first-order chi connectivity index (χ1) is 14.8. The molecule has 0 unspecified atom stereocenters. The Bertz CT molecular complexity index is 1050. The van der Waals surface area contributed by atoms with Gasteiger partial charge in [0, 0.05) is 5.56 Å². The number of alkyl halides is 3. The van der Waals surface area contributed by atoms with Gasteiger partial charge in [-0.2, -0.15) is 13.2 Å². The van der Waals surface area contributed by atoms with Gasteiger partial charge in [-0.05, 0) is 67.5 Å². The van der Waals surface area contributed by atoms with Crippen LogP contribution in [0.3, 0.4) is 0 Å². The number of benzene rings is 2. The third-order valence-corrected chi connectivity index (χ3v) is 6.80. The maximum Gasteiger partial charge on any atom is 0.418 e. The average Bonchev–Trinajstić information content (AvgIpc) is 3.41. The summed E-state index contributed by atoms with van der Waals surface area (Å²) in [5.74, 6) is -1.01. The van der Waals surface area contributed by atoms with Gasteiger partial charge in [0.05, 0.1) is 28.8 Å². The fourth-order valence-corrected chi connectivity index (χ4v) is 5.46. The first kappa shape index (κ1) is 19.8. The summed E-state index contributed by atoms with van der Waals surface area (Å²) in [6.45, 7) is 0. The molecule has 1 aliphatic heterocycles. The van der Waals surface area contributed by atoms with E-state index in [2.05, 4.69) is 5.32 Å². The zero-order valence-corrected chi connectivity index (χ0v) is 16.4. The number of carbonyl (C=O) groups is 3. The van der Waals surface area contributed by atoms with E-state index in [1.165, 1.54) is 47.4 Å². The molecule has 3 amide bonds. The second kappa shape index (κ2) is 6.93. The van der Waals surface area contributed by atoms with Crippen LogP contribution in [0.15, 0.2) is 48.5 Å². The Kier molecular flexibility index (Phi) is 4.42. The van der Waals surface area contributed by atoms with E-state index >= 15 is 0 Å². The topological polar surface area (TPSA) is 66.5 Å². The summed E-state index contributed by atoms with van der Waals surface area (Å²) in [5, 5.41) is 2.29. The third-order valence-electron chi connectivity index (χ3n) is 6.80. The molecule has 3 aliphatic rings. The minimum absolute atomic E-state index is 0.125. The van der Waals surface area contributed by atoms with Crippen molar-refractivity contribution in [2.24, 2.45) is 23.7 Å². The van der Waals surface area contributed by atoms with Crippen LogP contribution in [-0.4, -0.2) is 17.7 Å². The Morgan fingerprint density at radius 3 is 2.06 bits per heavy atom. The lowest BCUT2D eigenvalue weighted by Crippen LogP contribution is -2.32. The van der Waals surface area contributed by atoms with Crippen molar-refractivity contribution >= 4 is 29.1 Å². The number of carbonyl (C=O) groups excluding carboxylic acids is 3. The molecule has 31 heavy (non-hydrogen) atoms. The van der Waals surface area contributed by atoms with E-state index in [1.807, 2.05) is 0 Å². The van der Waals surface area contributed by atoms with Gasteiger partial charge in [-0.15, -0.1) is 0 Å². The van der Waals surface area contributed by atoms with Crippen LogP contribution in [0.1, 0.15) is 35.2 Å². The van der Waals surface area contributed by atoms with Crippen molar-refractivity contribution in [3.63, 3.8) is 0 Å². The molecule has 1 heterocycles. The monoisotopic (exact) mass is 428 g/mol. The summed E-state index contributed by atoms with van der Waals surface area (Å²) >= 11 is 0. The van der Waals surface area contributed by atoms with Crippen LogP contribution in [0.4, 0.5) is 24.5 Å². The second-order valence-corrected chi connectivity index (χ2v) is 8.44. The molecule has 2 aliphatic carbocycles. The van der Waals surface area contributed by atoms with Crippen LogP contribution in [0, 0.1) is 23.7 Å². The number of imide groups is 1. The van der Waals surface area contributed by atoms with Crippen molar-refractivity contribution in [3.05, 3.63) is 59.7 Å². The number of hydrogen-bond donors (Lipinski definition) is 1. The van der Waals surface area contributed by atoms with E-state index in [1.54, 1.807) is 0 Å². The Morgan fingerprint density at radius 2 is 1.48 bits per heavy atom. The summed E-state index contributed by atoms with van der Waals surface area (Å²) in [5.41, 5.74) is -0.761. The Labute approximate surface area is 176 Å². The van der Waals surface area contributed by atoms with Gasteiger partial charge in [-0.1, -0.05) is 12.1 Å². The molecule has 8 heteroatoms. The summed E-state index contributed by atoms with van der Waals surface area (Å²) < 4.78 is 39.4. The van der Waals surface area contributed by atoms with E-state index in [0.717, 1.165) is 25.3 Å². The van der Waals surface area contributed by atoms with E-state index < -0.39 is 17.6 Å². The molecule has 160 valence electrons. The van der Waals surface area contributed by atoms with Crippen LogP contribution in [0.2, 0.25) is 0 Å². The summed E-state index contributed by atoms with van der Waals surface area (Å²) in [6.07, 6.45) is -1.69. The molecule has 0 radical (unpaired) electrons. The van der Waals surface area contributed by atoms with Crippen LogP contribution in [0.5, 0.6) is 0 Å². The van der Waals surface area contributed by atoms with Gasteiger partial charge in [0.25, 0.3) is 5.91 Å². The highest BCUT2D eigenvalue weighted by Gasteiger charge is 2.61. The predicted molar refractivity (Wildman–Crippen MR) is 106 cm³/mol. The first-order valence-corrected chi connectivity index (χ1v) is 10.2. The number of fused-ring (bicyclic) bond motifs is 5. The fourth-order valence-electron chi connectivity index (χ4n) is 5.46. The van der Waals surface area contributed by atoms with Crippen molar-refractivity contribution in [1.82, 2.24) is 0 Å². The number of nitrogens with one attached hydrogen (secondary N) is 1. The second-order valence-electron chi connectivity index (χ2n) is 8.44. The quantitative estimate of drug-likeness (QED) is 0.733. The fraction of sp³-hybridized carbons (Fsp3) is 0.348. The van der Waals surface area contributed by atoms with Gasteiger partial charge in [0.1, 0.15) is 0 Å². The average molecular weight is 428 g/mol. The molecule has 0 spiro atoms. The van der Waals surface area contributed by atoms with E-state index in [-0.39, 0.29) is 46.7 Å². The van der Waals surface area contributed by atoms with Crippen LogP contribution in [-0.2, 0) is 15.8 Å². The first-order valence-electron chi connectivity index (χ1n) is 10.2. The largest absolute Gasteiger partial charge is 0.418 e. The van der Waals surface area contributed by atoms with Crippen LogP contribution >= 0.6 is 0 Å². The predicted octanol–water partition coefficient (Wildman–Crippen LogP) is 4.49. The summed E-state index contributed by atoms with van der Waals surface area (Å²) in [7, 11) is 0. The molecule has 0 aromatic heterocycles. The van der Waals surface area contributed by atoms with E-state index in [9.17, 15) is 27.6 Å². The standard InChI is InChI=1S/C23H19F3N2O3/c24-23(25,26)16-3-1-2-4-17(16)27-20(29)12-7-9-15(10-8-12)28-21(30)18-13-5-6-14(11-13)19(18)22(28)31/h1-4,7-10,13-14,18-19H,5-6,11H2,(H,27,29)/t13-,14-,18-,19+/m0/s1. The van der Waals surface area contributed by atoms with Gasteiger partial charge in [-0.25, -0.2) is 0 Å². The number of rotatable bonds is 3. The molecular formula is C23H19F3N2O3. The minimum Gasteiger partial charge on any atom is -0.321 e. The van der Waals surface area contributed by atoms with Gasteiger partial charge in [0.15, 0.2) is 0 Å². The van der Waals surface area contributed by atoms with Gasteiger partial charge in [0.2, 0.25) is 11.8 Å². The number of para-hydroxylation sites is 1. The highest BCUT2D eigenvalue weighted by atomic mass is 19.4. The van der Waals surface area contributed by atoms with Gasteiger partial charge < -0.3 is 5.32 Å². The molecular weight excluding hydrogens is 409 g/mol. The molecule has 2 aromatic carbocycles. The summed E-state index contributed by atoms with van der Waals surface area (Å²) in [4.78, 5) is 39.5. The van der Waals surface area contributed by atoms with Crippen molar-refractivity contribution < 1.29 is 27.6 Å². The van der Waals surface area contributed by atoms with Gasteiger partial charge >= 0.3 is 6.18 Å². The number of nitrogens with zero attached hydrogens (tertiary/aromatic N) is 1. The lowest BCUT2D eigenvalue weighted by atomic mass is 9.81. The molecule has 2 bridgehead atoms. The molecule has 1 N–H and O–H groups in total. The Morgan fingerprint density at radius 1 is 0.903 bits per heavy atom. The highest BCUT2D eigenvalue weighted by molar-refractivity contribution is 6.22. The molecule has 2 saturated carbocycles. The third kappa shape index (κ3) is 3.12. The molecule has 4 atom stereocenters.